The first-order valence-electron chi connectivity index (χ1n) is 8.76. The molecule has 1 amide bonds. The maximum Gasteiger partial charge on any atom is 0.410 e. The first kappa shape index (κ1) is 18.9. The summed E-state index contributed by atoms with van der Waals surface area (Å²) in [5, 5.41) is 9.45. The molecule has 0 spiro atoms. The van der Waals surface area contributed by atoms with Crippen LogP contribution in [0.2, 0.25) is 0 Å². The van der Waals surface area contributed by atoms with Crippen molar-refractivity contribution in [3.63, 3.8) is 0 Å². The van der Waals surface area contributed by atoms with Gasteiger partial charge in [0, 0.05) is 12.1 Å². The quantitative estimate of drug-likeness (QED) is 0.671. The molecule has 3 heterocycles. The van der Waals surface area contributed by atoms with Crippen LogP contribution in [0.3, 0.4) is 0 Å². The minimum Gasteiger partial charge on any atom is -0.497 e. The fourth-order valence-electron chi connectivity index (χ4n) is 3.28. The third-order valence-corrected chi connectivity index (χ3v) is 4.72. The number of nitrogens with one attached hydrogen (secondary N) is 2. The molecule has 10 heteroatoms. The molecule has 2 N–H and O–H groups in total. The van der Waals surface area contributed by atoms with Gasteiger partial charge in [0.25, 0.3) is 5.91 Å². The van der Waals surface area contributed by atoms with Crippen molar-refractivity contribution >= 4 is 17.4 Å². The summed E-state index contributed by atoms with van der Waals surface area (Å²) in [4.78, 5) is 12.7. The van der Waals surface area contributed by atoms with Gasteiger partial charge in [-0.25, -0.2) is 4.68 Å². The Balaban J connectivity index is 1.64. The van der Waals surface area contributed by atoms with Crippen molar-refractivity contribution < 1.29 is 27.1 Å². The zero-order chi connectivity index (χ0) is 20.6. The molecule has 3 aromatic rings. The minimum absolute atomic E-state index is 0.00586. The van der Waals surface area contributed by atoms with E-state index in [1.165, 1.54) is 13.4 Å². The van der Waals surface area contributed by atoms with Crippen LogP contribution >= 0.6 is 0 Å². The van der Waals surface area contributed by atoms with E-state index in [0.29, 0.717) is 17.2 Å². The smallest absolute Gasteiger partial charge is 0.410 e. The molecule has 4 rings (SSSR count). The summed E-state index contributed by atoms with van der Waals surface area (Å²) in [7, 11) is 1.52. The van der Waals surface area contributed by atoms with Gasteiger partial charge in [0.05, 0.1) is 25.6 Å². The lowest BCUT2D eigenvalue weighted by atomic mass is 10.0. The van der Waals surface area contributed by atoms with E-state index in [-0.39, 0.29) is 17.8 Å². The zero-order valence-electron chi connectivity index (χ0n) is 15.2. The summed E-state index contributed by atoms with van der Waals surface area (Å²) in [5.74, 6) is 0.381. The van der Waals surface area contributed by atoms with Gasteiger partial charge in [0.1, 0.15) is 22.9 Å². The van der Waals surface area contributed by atoms with Gasteiger partial charge in [-0.05, 0) is 36.4 Å². The fourth-order valence-corrected chi connectivity index (χ4v) is 3.28. The van der Waals surface area contributed by atoms with Crippen LogP contribution in [0.1, 0.15) is 34.6 Å². The molecule has 1 aromatic carbocycles. The van der Waals surface area contributed by atoms with E-state index >= 15 is 0 Å². The molecular weight excluding hydrogens is 389 g/mol. The second kappa shape index (κ2) is 7.19. The van der Waals surface area contributed by atoms with Crippen LogP contribution in [0.15, 0.2) is 53.3 Å². The average molecular weight is 406 g/mol. The van der Waals surface area contributed by atoms with Crippen LogP contribution in [-0.4, -0.2) is 29.0 Å². The molecule has 1 aliphatic heterocycles. The Kier molecular flexibility index (Phi) is 4.69. The van der Waals surface area contributed by atoms with Crippen molar-refractivity contribution in [2.24, 2.45) is 0 Å². The third-order valence-electron chi connectivity index (χ3n) is 4.72. The molecule has 0 fully saturated rings. The van der Waals surface area contributed by atoms with Crippen molar-refractivity contribution in [3.05, 3.63) is 60.2 Å². The number of carbonyl (C=O) groups excluding carboxylic acids is 1. The van der Waals surface area contributed by atoms with Gasteiger partial charge >= 0.3 is 6.18 Å². The van der Waals surface area contributed by atoms with Crippen molar-refractivity contribution in [2.75, 3.05) is 17.7 Å². The van der Waals surface area contributed by atoms with E-state index < -0.39 is 24.2 Å². The second-order valence-electron chi connectivity index (χ2n) is 6.54. The van der Waals surface area contributed by atoms with E-state index in [9.17, 15) is 18.0 Å². The summed E-state index contributed by atoms with van der Waals surface area (Å²) < 4.78 is 52.0. The molecule has 0 aliphatic carbocycles. The molecule has 0 unspecified atom stereocenters. The first-order chi connectivity index (χ1) is 13.9. The highest BCUT2D eigenvalue weighted by molar-refractivity contribution is 6.07. The van der Waals surface area contributed by atoms with Crippen molar-refractivity contribution in [2.45, 2.75) is 24.7 Å². The predicted octanol–water partition coefficient (Wildman–Crippen LogP) is 4.40. The number of hydrogen-bond donors (Lipinski definition) is 2. The third kappa shape index (κ3) is 3.65. The molecule has 7 nitrogen and oxygen atoms in total. The molecule has 2 aromatic heterocycles. The number of aromatic nitrogens is 2. The summed E-state index contributed by atoms with van der Waals surface area (Å²) in [6, 6.07) is 7.15. The van der Waals surface area contributed by atoms with Crippen molar-refractivity contribution in [1.29, 1.82) is 0 Å². The van der Waals surface area contributed by atoms with E-state index in [0.717, 1.165) is 10.9 Å². The molecule has 0 saturated carbocycles. The number of rotatable bonds is 4. The standard InChI is InChI=1S/C19H17F3N4O3/c1-28-12-6-4-11(5-7-12)24-18(27)13-10-23-26-16(19(20,21)22)9-14(25-17(13)26)15-3-2-8-29-15/h2-8,10,14,16,25H,9H2,1H3,(H,24,27)/t14-,16-/m1/s1. The van der Waals surface area contributed by atoms with Crippen LogP contribution in [0.5, 0.6) is 5.75 Å². The van der Waals surface area contributed by atoms with Crippen LogP contribution in [0.25, 0.3) is 0 Å². The lowest BCUT2D eigenvalue weighted by Gasteiger charge is -2.32. The Labute approximate surface area is 163 Å². The lowest BCUT2D eigenvalue weighted by Crippen LogP contribution is -2.36. The number of furan rings is 1. The summed E-state index contributed by atoms with van der Waals surface area (Å²) in [5.41, 5.74) is 0.479. The van der Waals surface area contributed by atoms with Crippen molar-refractivity contribution in [3.8, 4) is 5.75 Å². The predicted molar refractivity (Wildman–Crippen MR) is 98.0 cm³/mol. The van der Waals surface area contributed by atoms with Gasteiger partial charge in [-0.2, -0.15) is 18.3 Å². The number of carbonyl (C=O) groups is 1. The van der Waals surface area contributed by atoms with E-state index in [2.05, 4.69) is 15.7 Å². The van der Waals surface area contributed by atoms with E-state index in [1.807, 2.05) is 0 Å². The van der Waals surface area contributed by atoms with Crippen LogP contribution in [0, 0.1) is 0 Å². The van der Waals surface area contributed by atoms with Crippen LogP contribution in [-0.2, 0) is 0 Å². The molecule has 0 saturated heterocycles. The number of halogens is 3. The Hall–Kier alpha value is -3.43. The summed E-state index contributed by atoms with van der Waals surface area (Å²) in [6.45, 7) is 0. The molecule has 0 radical (unpaired) electrons. The zero-order valence-corrected chi connectivity index (χ0v) is 15.2. The Morgan fingerprint density at radius 3 is 2.69 bits per heavy atom. The highest BCUT2D eigenvalue weighted by atomic mass is 19.4. The second-order valence-corrected chi connectivity index (χ2v) is 6.54. The number of ether oxygens (including phenoxy) is 1. The Morgan fingerprint density at radius 1 is 1.31 bits per heavy atom. The number of amides is 1. The largest absolute Gasteiger partial charge is 0.497 e. The van der Waals surface area contributed by atoms with Gasteiger partial charge in [-0.3, -0.25) is 4.79 Å². The molecule has 29 heavy (non-hydrogen) atoms. The van der Waals surface area contributed by atoms with Gasteiger partial charge in [0.2, 0.25) is 0 Å². The monoisotopic (exact) mass is 406 g/mol. The average Bonchev–Trinajstić information content (AvgIpc) is 3.37. The van der Waals surface area contributed by atoms with Crippen molar-refractivity contribution in [1.82, 2.24) is 9.78 Å². The van der Waals surface area contributed by atoms with E-state index in [1.54, 1.807) is 36.4 Å². The highest BCUT2D eigenvalue weighted by Gasteiger charge is 2.47. The minimum atomic E-state index is -4.53. The Morgan fingerprint density at radius 2 is 2.07 bits per heavy atom. The number of fused-ring (bicyclic) bond motifs is 1. The topological polar surface area (TPSA) is 81.3 Å². The lowest BCUT2D eigenvalue weighted by molar-refractivity contribution is -0.174. The molecule has 2 atom stereocenters. The molecular formula is C19H17F3N4O3. The van der Waals surface area contributed by atoms with Gasteiger partial charge < -0.3 is 19.8 Å². The fraction of sp³-hybridized carbons (Fsp3) is 0.263. The van der Waals surface area contributed by atoms with Crippen LogP contribution < -0.4 is 15.4 Å². The van der Waals surface area contributed by atoms with E-state index in [4.69, 9.17) is 9.15 Å². The first-order valence-corrected chi connectivity index (χ1v) is 8.76. The van der Waals surface area contributed by atoms with Crippen LogP contribution in [0.4, 0.5) is 24.7 Å². The Bertz CT molecular complexity index is 997. The number of anilines is 2. The van der Waals surface area contributed by atoms with Gasteiger partial charge in [0.15, 0.2) is 6.04 Å². The molecule has 0 bridgehead atoms. The highest BCUT2D eigenvalue weighted by Crippen LogP contribution is 2.44. The maximum absolute atomic E-state index is 13.6. The maximum atomic E-state index is 13.6. The number of benzene rings is 1. The number of methoxy groups -OCH3 is 1. The van der Waals surface area contributed by atoms with Gasteiger partial charge in [-0.15, -0.1) is 0 Å². The molecule has 152 valence electrons. The van der Waals surface area contributed by atoms with Gasteiger partial charge in [-0.1, -0.05) is 0 Å². The molecule has 1 aliphatic rings. The number of alkyl halides is 3. The summed E-state index contributed by atoms with van der Waals surface area (Å²) >= 11 is 0. The number of nitrogens with zero attached hydrogens (tertiary/aromatic N) is 2. The SMILES string of the molecule is COc1ccc(NC(=O)c2cnn3c2N[C@@H](c2ccco2)C[C@@H]3C(F)(F)F)cc1. The normalized spacial score (nSPS) is 18.6. The summed E-state index contributed by atoms with van der Waals surface area (Å²) in [6.07, 6.45) is -2.31. The number of hydrogen-bond acceptors (Lipinski definition) is 5.